The molecule has 4 heteroatoms. The molecule has 0 radical (unpaired) electrons. The minimum Gasteiger partial charge on any atom is -0.316 e. The third kappa shape index (κ3) is 2.49. The number of anilines is 1. The molecule has 0 bridgehead atoms. The van der Waals surface area contributed by atoms with E-state index in [1.54, 1.807) is 24.1 Å². The monoisotopic (exact) mass is 206 g/mol. The number of carbonyl (C=O) groups is 1. The van der Waals surface area contributed by atoms with Crippen molar-refractivity contribution in [1.82, 2.24) is 0 Å². The Kier molecular flexibility index (Phi) is 3.51. The van der Waals surface area contributed by atoms with E-state index in [-0.39, 0.29) is 5.91 Å². The molecule has 0 aliphatic heterocycles. The van der Waals surface area contributed by atoms with Crippen LogP contribution in [0.25, 0.3) is 0 Å². The summed E-state index contributed by atoms with van der Waals surface area (Å²) >= 11 is 4.48. The zero-order valence-corrected chi connectivity index (χ0v) is 8.84. The van der Waals surface area contributed by atoms with Crippen LogP contribution in [-0.2, 0) is 4.79 Å². The van der Waals surface area contributed by atoms with Crippen molar-refractivity contribution < 1.29 is 4.79 Å². The van der Waals surface area contributed by atoms with Gasteiger partial charge in [-0.15, -0.1) is 0 Å². The molecule has 0 spiro atoms. The quantitative estimate of drug-likeness (QED) is 0.550. The Morgan fingerprint density at radius 3 is 2.43 bits per heavy atom. The highest BCUT2D eigenvalue weighted by atomic mass is 32.1. The first-order valence-corrected chi connectivity index (χ1v) is 4.48. The van der Waals surface area contributed by atoms with E-state index < -0.39 is 0 Å². The van der Waals surface area contributed by atoms with Gasteiger partial charge in [-0.05, 0) is 36.5 Å². The second kappa shape index (κ2) is 4.65. The molecule has 0 fully saturated rings. The Bertz CT molecular complexity index is 380. The minimum atomic E-state index is -0.00363. The molecule has 1 aromatic rings. The largest absolute Gasteiger partial charge is 0.316 e. The fraction of sp³-hybridized carbons (Fsp3) is 0.200. The number of hydrogen-bond acceptors (Lipinski definition) is 3. The highest BCUT2D eigenvalue weighted by Gasteiger charge is 2.03. The molecule has 72 valence electrons. The van der Waals surface area contributed by atoms with E-state index in [1.165, 1.54) is 6.92 Å². The molecular formula is C10H10N2OS. The van der Waals surface area contributed by atoms with Gasteiger partial charge in [-0.3, -0.25) is 4.79 Å². The molecule has 0 atom stereocenters. The summed E-state index contributed by atoms with van der Waals surface area (Å²) in [6.45, 7) is 1.52. The van der Waals surface area contributed by atoms with Crippen molar-refractivity contribution in [2.75, 3.05) is 11.9 Å². The number of isothiocyanates is 1. The Morgan fingerprint density at radius 1 is 1.43 bits per heavy atom. The van der Waals surface area contributed by atoms with Crippen LogP contribution in [0.2, 0.25) is 0 Å². The van der Waals surface area contributed by atoms with E-state index in [9.17, 15) is 4.79 Å². The molecule has 1 amide bonds. The summed E-state index contributed by atoms with van der Waals surface area (Å²) in [6, 6.07) is 7.20. The molecular weight excluding hydrogens is 196 g/mol. The van der Waals surface area contributed by atoms with Crippen molar-refractivity contribution >= 4 is 34.7 Å². The molecule has 0 unspecified atom stereocenters. The Labute approximate surface area is 88.1 Å². The smallest absolute Gasteiger partial charge is 0.223 e. The number of nitrogens with zero attached hydrogens (tertiary/aromatic N) is 2. The van der Waals surface area contributed by atoms with Gasteiger partial charge < -0.3 is 4.90 Å². The standard InChI is InChI=1S/C10H10N2OS/c1-8(13)12(2)10-5-3-9(4-6-10)11-7-14/h3-6H,1-2H3. The third-order valence-corrected chi connectivity index (χ3v) is 1.98. The molecule has 0 saturated carbocycles. The van der Waals surface area contributed by atoms with Gasteiger partial charge in [0.05, 0.1) is 10.8 Å². The maximum absolute atomic E-state index is 11.0. The minimum absolute atomic E-state index is 0.00363. The van der Waals surface area contributed by atoms with Crippen LogP contribution >= 0.6 is 12.2 Å². The first kappa shape index (κ1) is 10.6. The van der Waals surface area contributed by atoms with Crippen LogP contribution in [0, 0.1) is 0 Å². The van der Waals surface area contributed by atoms with E-state index >= 15 is 0 Å². The molecule has 0 N–H and O–H groups in total. The highest BCUT2D eigenvalue weighted by molar-refractivity contribution is 7.78. The molecule has 0 heterocycles. The first-order chi connectivity index (χ1) is 6.65. The van der Waals surface area contributed by atoms with Gasteiger partial charge in [-0.25, -0.2) is 0 Å². The average molecular weight is 206 g/mol. The number of amides is 1. The van der Waals surface area contributed by atoms with Crippen LogP contribution in [0.3, 0.4) is 0 Å². The first-order valence-electron chi connectivity index (χ1n) is 4.07. The van der Waals surface area contributed by atoms with E-state index in [1.807, 2.05) is 12.1 Å². The second-order valence-corrected chi connectivity index (χ2v) is 2.98. The zero-order valence-electron chi connectivity index (χ0n) is 8.02. The van der Waals surface area contributed by atoms with E-state index in [0.717, 1.165) is 11.4 Å². The van der Waals surface area contributed by atoms with Crippen LogP contribution in [0.1, 0.15) is 6.92 Å². The number of carbonyl (C=O) groups excluding carboxylic acids is 1. The summed E-state index contributed by atoms with van der Waals surface area (Å²) in [4.78, 5) is 16.4. The Balaban J connectivity index is 2.93. The van der Waals surface area contributed by atoms with Crippen molar-refractivity contribution in [2.24, 2.45) is 4.99 Å². The van der Waals surface area contributed by atoms with Gasteiger partial charge in [0.1, 0.15) is 0 Å². The van der Waals surface area contributed by atoms with Crippen molar-refractivity contribution in [3.8, 4) is 0 Å². The zero-order chi connectivity index (χ0) is 10.6. The van der Waals surface area contributed by atoms with Crippen LogP contribution in [0.4, 0.5) is 11.4 Å². The lowest BCUT2D eigenvalue weighted by Crippen LogP contribution is -2.22. The molecule has 0 aliphatic rings. The summed E-state index contributed by atoms with van der Waals surface area (Å²) in [7, 11) is 1.72. The van der Waals surface area contributed by atoms with Crippen LogP contribution in [0.5, 0.6) is 0 Å². The molecule has 3 nitrogen and oxygen atoms in total. The molecule has 0 saturated heterocycles. The van der Waals surface area contributed by atoms with Gasteiger partial charge in [0.15, 0.2) is 0 Å². The number of aliphatic imine (C=N–C) groups is 1. The number of rotatable bonds is 2. The van der Waals surface area contributed by atoms with Crippen molar-refractivity contribution in [3.63, 3.8) is 0 Å². The lowest BCUT2D eigenvalue weighted by Gasteiger charge is -2.14. The number of hydrogen-bond donors (Lipinski definition) is 0. The molecule has 1 aromatic carbocycles. The Morgan fingerprint density at radius 2 is 2.00 bits per heavy atom. The fourth-order valence-corrected chi connectivity index (χ4v) is 1.09. The van der Waals surface area contributed by atoms with Crippen molar-refractivity contribution in [1.29, 1.82) is 0 Å². The van der Waals surface area contributed by atoms with Crippen molar-refractivity contribution in [3.05, 3.63) is 24.3 Å². The normalized spacial score (nSPS) is 9.00. The van der Waals surface area contributed by atoms with Crippen LogP contribution in [0.15, 0.2) is 29.3 Å². The van der Waals surface area contributed by atoms with Gasteiger partial charge >= 0.3 is 0 Å². The summed E-state index contributed by atoms with van der Waals surface area (Å²) in [5.74, 6) is -0.00363. The number of benzene rings is 1. The van der Waals surface area contributed by atoms with Gasteiger partial charge in [0, 0.05) is 19.7 Å². The van der Waals surface area contributed by atoms with Crippen LogP contribution < -0.4 is 4.90 Å². The Hall–Kier alpha value is -1.51. The van der Waals surface area contributed by atoms with E-state index in [4.69, 9.17) is 0 Å². The van der Waals surface area contributed by atoms with Crippen LogP contribution in [-0.4, -0.2) is 18.1 Å². The summed E-state index contributed by atoms with van der Waals surface area (Å²) < 4.78 is 0. The average Bonchev–Trinajstić information content (AvgIpc) is 2.18. The molecule has 14 heavy (non-hydrogen) atoms. The fourth-order valence-electron chi connectivity index (χ4n) is 0.985. The second-order valence-electron chi connectivity index (χ2n) is 2.80. The van der Waals surface area contributed by atoms with Gasteiger partial charge in [0.2, 0.25) is 5.91 Å². The maximum Gasteiger partial charge on any atom is 0.223 e. The lowest BCUT2D eigenvalue weighted by molar-refractivity contribution is -0.116. The summed E-state index contributed by atoms with van der Waals surface area (Å²) in [5, 5.41) is 2.28. The van der Waals surface area contributed by atoms with Gasteiger partial charge in [0.25, 0.3) is 0 Å². The van der Waals surface area contributed by atoms with Gasteiger partial charge in [-0.1, -0.05) is 0 Å². The van der Waals surface area contributed by atoms with E-state index in [2.05, 4.69) is 22.4 Å². The molecule has 0 aromatic heterocycles. The highest BCUT2D eigenvalue weighted by Crippen LogP contribution is 2.18. The lowest BCUT2D eigenvalue weighted by atomic mass is 10.2. The summed E-state index contributed by atoms with van der Waals surface area (Å²) in [5.41, 5.74) is 1.57. The predicted molar refractivity (Wildman–Crippen MR) is 60.2 cm³/mol. The summed E-state index contributed by atoms with van der Waals surface area (Å²) in [6.07, 6.45) is 0. The number of thiocarbonyl (C=S) groups is 1. The van der Waals surface area contributed by atoms with Crippen molar-refractivity contribution in [2.45, 2.75) is 6.92 Å². The SMILES string of the molecule is CC(=O)N(C)c1ccc(N=C=S)cc1. The maximum atomic E-state index is 11.0. The molecule has 0 aliphatic carbocycles. The third-order valence-electron chi connectivity index (χ3n) is 1.88. The van der Waals surface area contributed by atoms with E-state index in [0.29, 0.717) is 0 Å². The molecule has 1 rings (SSSR count). The topological polar surface area (TPSA) is 32.7 Å². The predicted octanol–water partition coefficient (Wildman–Crippen LogP) is 2.40. The van der Waals surface area contributed by atoms with Gasteiger partial charge in [-0.2, -0.15) is 4.99 Å².